The molecule has 0 aliphatic rings. The number of para-hydroxylation sites is 2. The number of hydrogen-bond donors (Lipinski definition) is 2. The molecular weight excluding hydrogens is 292 g/mol. The molecule has 2 rings (SSSR count). The summed E-state index contributed by atoms with van der Waals surface area (Å²) < 4.78 is 11.0. The first-order chi connectivity index (χ1) is 11.2. The summed E-state index contributed by atoms with van der Waals surface area (Å²) in [4.78, 5) is 11.8. The van der Waals surface area contributed by atoms with Gasteiger partial charge in [0.2, 0.25) is 5.91 Å². The average Bonchev–Trinajstić information content (AvgIpc) is 2.57. The SMILES string of the molecule is CNCCCC(=O)Nc1ccc(Oc2ccccc2OC)cc1. The van der Waals surface area contributed by atoms with Crippen LogP contribution >= 0.6 is 0 Å². The molecule has 0 aliphatic carbocycles. The van der Waals surface area contributed by atoms with Crippen LogP contribution in [0.3, 0.4) is 0 Å². The van der Waals surface area contributed by atoms with Gasteiger partial charge in [0.25, 0.3) is 0 Å². The molecule has 2 N–H and O–H groups in total. The van der Waals surface area contributed by atoms with E-state index in [-0.39, 0.29) is 5.91 Å². The molecule has 0 atom stereocenters. The number of nitrogens with one attached hydrogen (secondary N) is 2. The molecule has 2 aromatic rings. The van der Waals surface area contributed by atoms with Crippen molar-refractivity contribution in [1.29, 1.82) is 0 Å². The Morgan fingerprint density at radius 3 is 2.39 bits per heavy atom. The number of rotatable bonds is 8. The van der Waals surface area contributed by atoms with E-state index in [2.05, 4.69) is 10.6 Å². The number of ether oxygens (including phenoxy) is 2. The number of carbonyl (C=O) groups is 1. The summed E-state index contributed by atoms with van der Waals surface area (Å²) in [7, 11) is 3.48. The predicted octanol–water partition coefficient (Wildman–Crippen LogP) is 3.43. The maximum atomic E-state index is 11.8. The maximum Gasteiger partial charge on any atom is 0.224 e. The summed E-state index contributed by atoms with van der Waals surface area (Å²) in [6.45, 7) is 0.832. The zero-order valence-corrected chi connectivity index (χ0v) is 13.5. The molecule has 0 aromatic heterocycles. The Hall–Kier alpha value is -2.53. The summed E-state index contributed by atoms with van der Waals surface area (Å²) in [6, 6.07) is 14.7. The molecule has 23 heavy (non-hydrogen) atoms. The maximum absolute atomic E-state index is 11.8. The Balaban J connectivity index is 1.93. The number of carbonyl (C=O) groups excluding carboxylic acids is 1. The first-order valence-corrected chi connectivity index (χ1v) is 7.58. The molecule has 122 valence electrons. The largest absolute Gasteiger partial charge is 0.493 e. The lowest BCUT2D eigenvalue weighted by molar-refractivity contribution is -0.116. The summed E-state index contributed by atoms with van der Waals surface area (Å²) in [5, 5.41) is 5.89. The van der Waals surface area contributed by atoms with Crippen molar-refractivity contribution in [1.82, 2.24) is 5.32 Å². The van der Waals surface area contributed by atoms with Crippen molar-refractivity contribution in [3.8, 4) is 17.2 Å². The van der Waals surface area contributed by atoms with Crippen molar-refractivity contribution in [3.05, 3.63) is 48.5 Å². The van der Waals surface area contributed by atoms with Crippen LogP contribution in [0.25, 0.3) is 0 Å². The minimum atomic E-state index is 0.0126. The lowest BCUT2D eigenvalue weighted by Gasteiger charge is -2.10. The van der Waals surface area contributed by atoms with Crippen molar-refractivity contribution in [3.63, 3.8) is 0 Å². The van der Waals surface area contributed by atoms with Gasteiger partial charge in [0, 0.05) is 12.1 Å². The van der Waals surface area contributed by atoms with Crippen LogP contribution in [-0.2, 0) is 4.79 Å². The molecule has 0 saturated heterocycles. The van der Waals surface area contributed by atoms with Crippen molar-refractivity contribution in [2.45, 2.75) is 12.8 Å². The number of anilines is 1. The van der Waals surface area contributed by atoms with E-state index in [1.165, 1.54) is 0 Å². The van der Waals surface area contributed by atoms with Crippen molar-refractivity contribution >= 4 is 11.6 Å². The van der Waals surface area contributed by atoms with Gasteiger partial charge in [0.15, 0.2) is 11.5 Å². The molecule has 0 fully saturated rings. The third-order valence-electron chi connectivity index (χ3n) is 3.27. The van der Waals surface area contributed by atoms with Gasteiger partial charge in [-0.2, -0.15) is 0 Å². The van der Waals surface area contributed by atoms with Crippen molar-refractivity contribution in [2.24, 2.45) is 0 Å². The Morgan fingerprint density at radius 2 is 1.74 bits per heavy atom. The molecule has 5 heteroatoms. The van der Waals surface area contributed by atoms with Gasteiger partial charge in [-0.05, 0) is 56.4 Å². The van der Waals surface area contributed by atoms with Crippen LogP contribution in [0.5, 0.6) is 17.2 Å². The van der Waals surface area contributed by atoms with Crippen molar-refractivity contribution in [2.75, 3.05) is 26.0 Å². The monoisotopic (exact) mass is 314 g/mol. The highest BCUT2D eigenvalue weighted by Crippen LogP contribution is 2.31. The lowest BCUT2D eigenvalue weighted by atomic mass is 10.2. The van der Waals surface area contributed by atoms with E-state index < -0.39 is 0 Å². The standard InChI is InChI=1S/C18H22N2O3/c1-19-13-5-8-18(21)20-14-9-11-15(12-10-14)23-17-7-4-3-6-16(17)22-2/h3-4,6-7,9-12,19H,5,8,13H2,1-2H3,(H,20,21). The fraction of sp³-hybridized carbons (Fsp3) is 0.278. The third-order valence-corrected chi connectivity index (χ3v) is 3.27. The number of hydrogen-bond acceptors (Lipinski definition) is 4. The van der Waals surface area contributed by atoms with Crippen LogP contribution in [0, 0.1) is 0 Å². The highest BCUT2D eigenvalue weighted by Gasteiger charge is 2.05. The summed E-state index contributed by atoms with van der Waals surface area (Å²) in [5.41, 5.74) is 0.756. The topological polar surface area (TPSA) is 59.6 Å². The van der Waals surface area contributed by atoms with Gasteiger partial charge in [-0.1, -0.05) is 12.1 Å². The lowest BCUT2D eigenvalue weighted by Crippen LogP contribution is -2.15. The van der Waals surface area contributed by atoms with Gasteiger partial charge in [-0.15, -0.1) is 0 Å². The Kier molecular flexibility index (Phi) is 6.44. The van der Waals surface area contributed by atoms with E-state index in [1.54, 1.807) is 7.11 Å². The van der Waals surface area contributed by atoms with E-state index in [0.717, 1.165) is 18.7 Å². The molecular formula is C18H22N2O3. The van der Waals surface area contributed by atoms with Crippen LogP contribution in [-0.4, -0.2) is 26.6 Å². The molecule has 5 nitrogen and oxygen atoms in total. The quantitative estimate of drug-likeness (QED) is 0.733. The molecule has 0 unspecified atom stereocenters. The minimum Gasteiger partial charge on any atom is -0.493 e. The van der Waals surface area contributed by atoms with E-state index >= 15 is 0 Å². The Morgan fingerprint density at radius 1 is 1.04 bits per heavy atom. The van der Waals surface area contributed by atoms with E-state index in [0.29, 0.717) is 23.7 Å². The third kappa shape index (κ3) is 5.30. The highest BCUT2D eigenvalue weighted by atomic mass is 16.5. The van der Waals surface area contributed by atoms with E-state index in [1.807, 2.05) is 55.6 Å². The molecule has 1 amide bonds. The normalized spacial score (nSPS) is 10.2. The number of methoxy groups -OCH3 is 1. The van der Waals surface area contributed by atoms with Gasteiger partial charge in [0.1, 0.15) is 5.75 Å². The summed E-state index contributed by atoms with van der Waals surface area (Å²) in [5.74, 6) is 2.02. The molecule has 2 aromatic carbocycles. The fourth-order valence-electron chi connectivity index (χ4n) is 2.09. The van der Waals surface area contributed by atoms with Crippen molar-refractivity contribution < 1.29 is 14.3 Å². The van der Waals surface area contributed by atoms with Crippen LogP contribution in [0.15, 0.2) is 48.5 Å². The highest BCUT2D eigenvalue weighted by molar-refractivity contribution is 5.90. The molecule has 0 aliphatic heterocycles. The first-order valence-electron chi connectivity index (χ1n) is 7.58. The van der Waals surface area contributed by atoms with Gasteiger partial charge in [-0.25, -0.2) is 0 Å². The zero-order chi connectivity index (χ0) is 16.5. The molecule has 0 spiro atoms. The van der Waals surface area contributed by atoms with Crippen LogP contribution in [0.2, 0.25) is 0 Å². The first kappa shape index (κ1) is 16.8. The van der Waals surface area contributed by atoms with Crippen LogP contribution < -0.4 is 20.1 Å². The van der Waals surface area contributed by atoms with E-state index in [4.69, 9.17) is 9.47 Å². The van der Waals surface area contributed by atoms with E-state index in [9.17, 15) is 4.79 Å². The van der Waals surface area contributed by atoms with Crippen LogP contribution in [0.4, 0.5) is 5.69 Å². The fourth-order valence-corrected chi connectivity index (χ4v) is 2.09. The Bertz CT molecular complexity index is 626. The van der Waals surface area contributed by atoms with Gasteiger partial charge in [0.05, 0.1) is 7.11 Å². The zero-order valence-electron chi connectivity index (χ0n) is 13.5. The van der Waals surface area contributed by atoms with Gasteiger partial charge in [-0.3, -0.25) is 4.79 Å². The number of benzene rings is 2. The van der Waals surface area contributed by atoms with Gasteiger partial charge >= 0.3 is 0 Å². The summed E-state index contributed by atoms with van der Waals surface area (Å²) in [6.07, 6.45) is 1.32. The smallest absolute Gasteiger partial charge is 0.224 e. The predicted molar refractivity (Wildman–Crippen MR) is 91.3 cm³/mol. The molecule has 0 bridgehead atoms. The van der Waals surface area contributed by atoms with Gasteiger partial charge < -0.3 is 20.1 Å². The second-order valence-electron chi connectivity index (χ2n) is 5.03. The second kappa shape index (κ2) is 8.80. The molecule has 0 heterocycles. The number of amides is 1. The minimum absolute atomic E-state index is 0.0126. The second-order valence-corrected chi connectivity index (χ2v) is 5.03. The van der Waals surface area contributed by atoms with Crippen LogP contribution in [0.1, 0.15) is 12.8 Å². The molecule has 0 saturated carbocycles. The summed E-state index contributed by atoms with van der Waals surface area (Å²) >= 11 is 0. The molecule has 0 radical (unpaired) electrons. The Labute approximate surface area is 136 Å². The average molecular weight is 314 g/mol.